The van der Waals surface area contributed by atoms with E-state index in [0.29, 0.717) is 11.5 Å². The maximum absolute atomic E-state index is 5.76. The molecule has 1 aromatic rings. The number of aromatic nitrogens is 1. The van der Waals surface area contributed by atoms with E-state index in [4.69, 9.17) is 7.85 Å². The number of pyridine rings is 1. The highest BCUT2D eigenvalue weighted by Crippen LogP contribution is 2.07. The maximum atomic E-state index is 5.76. The van der Waals surface area contributed by atoms with Gasteiger partial charge < -0.3 is 0 Å². The Balaban J connectivity index is 3.19. The van der Waals surface area contributed by atoms with E-state index >= 15 is 0 Å². The minimum atomic E-state index is 0.616. The Morgan fingerprint density at radius 3 is 2.58 bits per heavy atom. The smallest absolute Gasteiger partial charge is 0.114 e. The molecule has 0 unspecified atom stereocenters. The van der Waals surface area contributed by atoms with Gasteiger partial charge in [0.1, 0.15) is 7.85 Å². The van der Waals surface area contributed by atoms with E-state index in [9.17, 15) is 0 Å². The van der Waals surface area contributed by atoms with E-state index in [1.165, 1.54) is 0 Å². The van der Waals surface area contributed by atoms with E-state index in [-0.39, 0.29) is 0 Å². The van der Waals surface area contributed by atoms with Crippen molar-refractivity contribution in [3.8, 4) is 0 Å². The molecule has 1 rings (SSSR count). The van der Waals surface area contributed by atoms with Crippen LogP contribution >= 0.6 is 25.3 Å². The Morgan fingerprint density at radius 2 is 2.08 bits per heavy atom. The van der Waals surface area contributed by atoms with Gasteiger partial charge >= 0.3 is 0 Å². The monoisotopic (exact) mass is 195 g/mol. The van der Waals surface area contributed by atoms with E-state index in [0.717, 1.165) is 22.4 Å². The van der Waals surface area contributed by atoms with E-state index in [1.807, 2.05) is 13.0 Å². The zero-order valence-corrected chi connectivity index (χ0v) is 8.70. The van der Waals surface area contributed by atoms with Crippen LogP contribution < -0.4 is 5.46 Å². The fraction of sp³-hybridized carbons (Fsp3) is 0.375. The lowest BCUT2D eigenvalue weighted by Crippen LogP contribution is -2.13. The van der Waals surface area contributed by atoms with Gasteiger partial charge in [0.25, 0.3) is 0 Å². The van der Waals surface area contributed by atoms with Crippen LogP contribution in [0.4, 0.5) is 0 Å². The highest BCUT2D eigenvalue weighted by molar-refractivity contribution is 7.79. The van der Waals surface area contributed by atoms with Crippen LogP contribution in [0.5, 0.6) is 0 Å². The summed E-state index contributed by atoms with van der Waals surface area (Å²) in [5, 5.41) is 0. The Labute approximate surface area is 85.2 Å². The molecule has 0 aliphatic carbocycles. The van der Waals surface area contributed by atoms with Gasteiger partial charge in [-0.3, -0.25) is 4.98 Å². The molecule has 12 heavy (non-hydrogen) atoms. The molecule has 0 bridgehead atoms. The molecule has 0 N–H and O–H groups in total. The van der Waals surface area contributed by atoms with Crippen LogP contribution in [0.1, 0.15) is 17.0 Å². The topological polar surface area (TPSA) is 12.9 Å². The van der Waals surface area contributed by atoms with Gasteiger partial charge in [0.05, 0.1) is 5.69 Å². The van der Waals surface area contributed by atoms with Gasteiger partial charge in [-0.15, -0.1) is 0 Å². The summed E-state index contributed by atoms with van der Waals surface area (Å²) in [6.45, 7) is 1.95. The van der Waals surface area contributed by atoms with Gasteiger partial charge in [-0.1, -0.05) is 5.46 Å². The van der Waals surface area contributed by atoms with Crippen molar-refractivity contribution in [2.75, 3.05) is 0 Å². The summed E-state index contributed by atoms with van der Waals surface area (Å²) >= 11 is 8.30. The lowest BCUT2D eigenvalue weighted by Gasteiger charge is -2.07. The Kier molecular flexibility index (Phi) is 3.53. The number of thiol groups is 2. The zero-order chi connectivity index (χ0) is 9.14. The van der Waals surface area contributed by atoms with Gasteiger partial charge in [-0.2, -0.15) is 25.3 Å². The molecule has 0 aliphatic rings. The van der Waals surface area contributed by atoms with Crippen LogP contribution in [0.25, 0.3) is 0 Å². The Morgan fingerprint density at radius 1 is 1.42 bits per heavy atom. The molecule has 0 saturated heterocycles. The third kappa shape index (κ3) is 1.99. The van der Waals surface area contributed by atoms with Crippen LogP contribution in [0.15, 0.2) is 6.07 Å². The van der Waals surface area contributed by atoms with Crippen LogP contribution in [0.2, 0.25) is 0 Å². The standard InChI is InChI=1S/C8H10BNS2/c1-5-7(9)2-6(3-11)10-8(5)4-12/h2,11-12H,3-4H2,1H3. The first kappa shape index (κ1) is 10.00. The molecular weight excluding hydrogens is 185 g/mol. The van der Waals surface area contributed by atoms with Gasteiger partial charge in [-0.25, -0.2) is 0 Å². The number of hydrogen-bond donors (Lipinski definition) is 2. The van der Waals surface area contributed by atoms with Crippen molar-refractivity contribution >= 4 is 38.6 Å². The largest absolute Gasteiger partial charge is 0.256 e. The van der Waals surface area contributed by atoms with Gasteiger partial charge in [0.15, 0.2) is 0 Å². The first-order valence-corrected chi connectivity index (χ1v) is 4.92. The average molecular weight is 195 g/mol. The van der Waals surface area contributed by atoms with Crippen LogP contribution in [-0.4, -0.2) is 12.8 Å². The minimum absolute atomic E-state index is 0.616. The fourth-order valence-corrected chi connectivity index (χ4v) is 1.45. The normalized spacial score (nSPS) is 10.2. The Bertz CT molecular complexity index is 289. The predicted octanol–water partition coefficient (Wildman–Crippen LogP) is 1.04. The molecule has 1 aromatic heterocycles. The van der Waals surface area contributed by atoms with Crippen molar-refractivity contribution in [1.29, 1.82) is 0 Å². The molecule has 2 radical (unpaired) electrons. The summed E-state index contributed by atoms with van der Waals surface area (Å²) in [5.74, 6) is 1.24. The average Bonchev–Trinajstić information content (AvgIpc) is 2.09. The van der Waals surface area contributed by atoms with Gasteiger partial charge in [0.2, 0.25) is 0 Å². The van der Waals surface area contributed by atoms with E-state index in [1.54, 1.807) is 0 Å². The molecule has 0 amide bonds. The molecule has 0 fully saturated rings. The molecule has 1 heterocycles. The first-order chi connectivity index (χ1) is 5.69. The molecule has 0 spiro atoms. The molecular formula is C8H10BNS2. The molecule has 1 nitrogen and oxygen atoms in total. The molecule has 0 aliphatic heterocycles. The summed E-state index contributed by atoms with van der Waals surface area (Å²) in [6.07, 6.45) is 0. The Hall–Kier alpha value is -0.0851. The molecule has 0 atom stereocenters. The second-order valence-electron chi connectivity index (χ2n) is 2.59. The molecule has 0 aromatic carbocycles. The van der Waals surface area contributed by atoms with E-state index < -0.39 is 0 Å². The lowest BCUT2D eigenvalue weighted by atomic mass is 9.90. The summed E-state index contributed by atoms with van der Waals surface area (Å²) in [7, 11) is 5.76. The quantitative estimate of drug-likeness (QED) is 0.531. The second-order valence-corrected chi connectivity index (χ2v) is 3.22. The van der Waals surface area contributed by atoms with Crippen molar-refractivity contribution < 1.29 is 0 Å². The molecule has 0 saturated carbocycles. The van der Waals surface area contributed by atoms with Crippen molar-refractivity contribution in [1.82, 2.24) is 4.98 Å². The lowest BCUT2D eigenvalue weighted by molar-refractivity contribution is 1.08. The van der Waals surface area contributed by atoms with Gasteiger partial charge in [0, 0.05) is 17.2 Å². The molecule has 62 valence electrons. The second kappa shape index (κ2) is 4.24. The van der Waals surface area contributed by atoms with Crippen LogP contribution in [0, 0.1) is 6.92 Å². The van der Waals surface area contributed by atoms with Crippen LogP contribution in [-0.2, 0) is 11.5 Å². The number of rotatable bonds is 2. The van der Waals surface area contributed by atoms with Crippen molar-refractivity contribution in [3.05, 3.63) is 23.0 Å². The third-order valence-corrected chi connectivity index (χ3v) is 2.40. The van der Waals surface area contributed by atoms with E-state index in [2.05, 4.69) is 30.2 Å². The van der Waals surface area contributed by atoms with Crippen molar-refractivity contribution in [2.24, 2.45) is 0 Å². The number of hydrogen-bond acceptors (Lipinski definition) is 3. The summed E-state index contributed by atoms with van der Waals surface area (Å²) in [4.78, 5) is 4.34. The minimum Gasteiger partial charge on any atom is -0.256 e. The van der Waals surface area contributed by atoms with Crippen LogP contribution in [0.3, 0.4) is 0 Å². The summed E-state index contributed by atoms with van der Waals surface area (Å²) < 4.78 is 0. The first-order valence-electron chi connectivity index (χ1n) is 3.65. The zero-order valence-electron chi connectivity index (χ0n) is 6.91. The highest BCUT2D eigenvalue weighted by atomic mass is 32.1. The van der Waals surface area contributed by atoms with Crippen molar-refractivity contribution in [2.45, 2.75) is 18.4 Å². The van der Waals surface area contributed by atoms with Gasteiger partial charge in [-0.05, 0) is 18.6 Å². The summed E-state index contributed by atoms with van der Waals surface area (Å²) in [5.41, 5.74) is 3.65. The molecule has 4 heteroatoms. The third-order valence-electron chi connectivity index (χ3n) is 1.78. The predicted molar refractivity (Wildman–Crippen MR) is 59.7 cm³/mol. The SMILES string of the molecule is [B]c1cc(CS)nc(CS)c1C. The highest BCUT2D eigenvalue weighted by Gasteiger charge is 2.02. The maximum Gasteiger partial charge on any atom is 0.114 e. The van der Waals surface area contributed by atoms with Crippen molar-refractivity contribution in [3.63, 3.8) is 0 Å². The summed E-state index contributed by atoms with van der Waals surface area (Å²) in [6, 6.07) is 1.86. The fourth-order valence-electron chi connectivity index (χ4n) is 0.979. The number of nitrogens with zero attached hydrogens (tertiary/aromatic N) is 1.